The molecule has 0 atom stereocenters. The van der Waals surface area contributed by atoms with E-state index in [0.29, 0.717) is 26.1 Å². The minimum atomic E-state index is -0.577. The van der Waals surface area contributed by atoms with E-state index >= 15 is 0 Å². The Labute approximate surface area is 188 Å². The highest BCUT2D eigenvalue weighted by molar-refractivity contribution is 5.99. The van der Waals surface area contributed by atoms with Gasteiger partial charge in [0.2, 0.25) is 5.91 Å². The summed E-state index contributed by atoms with van der Waals surface area (Å²) in [5, 5.41) is 12.0. The fourth-order valence-electron chi connectivity index (χ4n) is 4.72. The van der Waals surface area contributed by atoms with Gasteiger partial charge in [0.25, 0.3) is 0 Å². The predicted octanol–water partition coefficient (Wildman–Crippen LogP) is 4.43. The first-order valence-corrected chi connectivity index (χ1v) is 11.4. The van der Waals surface area contributed by atoms with Crippen LogP contribution in [0.3, 0.4) is 0 Å². The molecule has 0 saturated carbocycles. The number of amides is 1. The van der Waals surface area contributed by atoms with E-state index in [4.69, 9.17) is 4.74 Å². The zero-order chi connectivity index (χ0) is 21.8. The highest BCUT2D eigenvalue weighted by atomic mass is 16.5. The smallest absolute Gasteiger partial charge is 0.235 e. The fraction of sp³-hybridized carbons (Fsp3) is 0.346. The lowest BCUT2D eigenvalue weighted by Crippen LogP contribution is -2.44. The first kappa shape index (κ1) is 20.6. The van der Waals surface area contributed by atoms with Crippen LogP contribution in [0.15, 0.2) is 66.7 Å². The summed E-state index contributed by atoms with van der Waals surface area (Å²) in [7, 11) is 0. The van der Waals surface area contributed by atoms with E-state index in [-0.39, 0.29) is 5.91 Å². The van der Waals surface area contributed by atoms with Crippen LogP contribution in [0.2, 0.25) is 0 Å². The summed E-state index contributed by atoms with van der Waals surface area (Å²) in [5.74, 6) is 0.944. The van der Waals surface area contributed by atoms with Crippen LogP contribution in [-0.2, 0) is 14.9 Å². The molecule has 2 aromatic carbocycles. The minimum absolute atomic E-state index is 0.0135. The summed E-state index contributed by atoms with van der Waals surface area (Å²) in [4.78, 5) is 15.8. The summed E-state index contributed by atoms with van der Waals surface area (Å²) in [6, 6.07) is 21.9. The Balaban J connectivity index is 1.36. The van der Waals surface area contributed by atoms with Crippen LogP contribution < -0.4 is 10.2 Å². The van der Waals surface area contributed by atoms with E-state index in [9.17, 15) is 4.79 Å². The van der Waals surface area contributed by atoms with Gasteiger partial charge in [-0.05, 0) is 55.5 Å². The molecule has 5 rings (SSSR count). The lowest BCUT2D eigenvalue weighted by molar-refractivity contribution is -0.125. The number of carbonyl (C=O) groups is 1. The third-order valence-electron chi connectivity index (χ3n) is 6.60. The largest absolute Gasteiger partial charge is 0.381 e. The lowest BCUT2D eigenvalue weighted by atomic mass is 9.73. The molecule has 0 aliphatic carbocycles. The lowest BCUT2D eigenvalue weighted by Gasteiger charge is -2.36. The maximum absolute atomic E-state index is 13.5. The number of carbonyl (C=O) groups excluding carboxylic acids is 1. The predicted molar refractivity (Wildman–Crippen MR) is 126 cm³/mol. The second-order valence-corrected chi connectivity index (χ2v) is 8.57. The molecule has 2 aliphatic heterocycles. The highest BCUT2D eigenvalue weighted by Crippen LogP contribution is 2.36. The van der Waals surface area contributed by atoms with Gasteiger partial charge in [0, 0.05) is 37.6 Å². The van der Waals surface area contributed by atoms with Crippen molar-refractivity contribution < 1.29 is 9.53 Å². The molecule has 2 aliphatic rings. The van der Waals surface area contributed by atoms with Gasteiger partial charge < -0.3 is 15.0 Å². The Kier molecular flexibility index (Phi) is 5.86. The topological polar surface area (TPSA) is 67.4 Å². The van der Waals surface area contributed by atoms with Crippen LogP contribution in [0.25, 0.3) is 11.3 Å². The van der Waals surface area contributed by atoms with Gasteiger partial charge in [0.05, 0.1) is 11.1 Å². The van der Waals surface area contributed by atoms with Gasteiger partial charge in [-0.15, -0.1) is 10.2 Å². The Morgan fingerprint density at radius 2 is 1.69 bits per heavy atom. The molecule has 0 spiro atoms. The van der Waals surface area contributed by atoms with E-state index in [0.717, 1.165) is 41.4 Å². The number of hydrogen-bond donors (Lipinski definition) is 1. The quantitative estimate of drug-likeness (QED) is 0.651. The van der Waals surface area contributed by atoms with Gasteiger partial charge in [-0.25, -0.2) is 0 Å². The molecule has 3 aromatic rings. The van der Waals surface area contributed by atoms with E-state index in [1.165, 1.54) is 12.8 Å². The average Bonchev–Trinajstić information content (AvgIpc) is 3.40. The number of ether oxygens (including phenoxy) is 1. The van der Waals surface area contributed by atoms with Crippen LogP contribution in [-0.4, -0.2) is 42.4 Å². The summed E-state index contributed by atoms with van der Waals surface area (Å²) < 4.78 is 5.57. The zero-order valence-electron chi connectivity index (χ0n) is 18.2. The van der Waals surface area contributed by atoms with Crippen LogP contribution in [0, 0.1) is 0 Å². The highest BCUT2D eigenvalue weighted by Gasteiger charge is 2.41. The van der Waals surface area contributed by atoms with Crippen molar-refractivity contribution in [2.24, 2.45) is 0 Å². The fourth-order valence-corrected chi connectivity index (χ4v) is 4.72. The van der Waals surface area contributed by atoms with Gasteiger partial charge in [-0.1, -0.05) is 42.5 Å². The molecule has 6 nitrogen and oxygen atoms in total. The molecule has 32 heavy (non-hydrogen) atoms. The average molecular weight is 429 g/mol. The minimum Gasteiger partial charge on any atom is -0.381 e. The molecule has 0 radical (unpaired) electrons. The van der Waals surface area contributed by atoms with Gasteiger partial charge in [-0.3, -0.25) is 4.79 Å². The Bertz CT molecular complexity index is 1060. The summed E-state index contributed by atoms with van der Waals surface area (Å²) >= 11 is 0. The number of benzene rings is 2. The Hall–Kier alpha value is -3.25. The normalized spacial score (nSPS) is 17.8. The maximum Gasteiger partial charge on any atom is 0.235 e. The first-order valence-electron chi connectivity index (χ1n) is 11.4. The molecular weight excluding hydrogens is 400 g/mol. The van der Waals surface area contributed by atoms with Crippen molar-refractivity contribution >= 4 is 17.4 Å². The number of nitrogens with one attached hydrogen (secondary N) is 1. The van der Waals surface area contributed by atoms with Crippen molar-refractivity contribution in [3.63, 3.8) is 0 Å². The second-order valence-electron chi connectivity index (χ2n) is 8.57. The Morgan fingerprint density at radius 3 is 2.41 bits per heavy atom. The molecule has 0 unspecified atom stereocenters. The van der Waals surface area contributed by atoms with Gasteiger partial charge in [-0.2, -0.15) is 0 Å². The monoisotopic (exact) mass is 428 g/mol. The van der Waals surface area contributed by atoms with E-state index in [2.05, 4.69) is 20.4 Å². The number of nitrogens with zero attached hydrogens (tertiary/aromatic N) is 3. The molecule has 1 aromatic heterocycles. The van der Waals surface area contributed by atoms with E-state index in [1.54, 1.807) is 0 Å². The van der Waals surface area contributed by atoms with Crippen molar-refractivity contribution in [3.05, 3.63) is 72.3 Å². The SMILES string of the molecule is O=C(Nc1cccc(-c2ccc(N3CCCC3)nn2)c1)C1(c2ccccc2)CCOCC1. The molecule has 1 amide bonds. The maximum atomic E-state index is 13.5. The summed E-state index contributed by atoms with van der Waals surface area (Å²) in [5.41, 5.74) is 2.96. The van der Waals surface area contributed by atoms with Crippen molar-refractivity contribution in [3.8, 4) is 11.3 Å². The first-order chi connectivity index (χ1) is 15.7. The van der Waals surface area contributed by atoms with E-state index in [1.807, 2.05) is 66.7 Å². The molecule has 164 valence electrons. The van der Waals surface area contributed by atoms with Crippen molar-refractivity contribution in [2.45, 2.75) is 31.1 Å². The van der Waals surface area contributed by atoms with Crippen LogP contribution in [0.5, 0.6) is 0 Å². The number of anilines is 2. The zero-order valence-corrected chi connectivity index (χ0v) is 18.2. The summed E-state index contributed by atoms with van der Waals surface area (Å²) in [6.07, 6.45) is 3.77. The van der Waals surface area contributed by atoms with Crippen molar-refractivity contribution in [1.29, 1.82) is 0 Å². The molecule has 1 N–H and O–H groups in total. The molecule has 3 heterocycles. The third-order valence-corrected chi connectivity index (χ3v) is 6.60. The van der Waals surface area contributed by atoms with Crippen molar-refractivity contribution in [2.75, 3.05) is 36.5 Å². The molecule has 0 bridgehead atoms. The van der Waals surface area contributed by atoms with Crippen LogP contribution in [0.1, 0.15) is 31.2 Å². The number of rotatable bonds is 5. The van der Waals surface area contributed by atoms with Gasteiger partial charge >= 0.3 is 0 Å². The standard InChI is InChI=1S/C26H28N4O2/c31-25(26(13-17-32-18-14-26)21-8-2-1-3-9-21)27-22-10-6-7-20(19-22)23-11-12-24(29-28-23)30-15-4-5-16-30/h1-3,6-12,19H,4-5,13-18H2,(H,27,31). The molecule has 6 heteroatoms. The molecule has 2 fully saturated rings. The molecule has 2 saturated heterocycles. The molecular formula is C26H28N4O2. The third kappa shape index (κ3) is 4.10. The van der Waals surface area contributed by atoms with E-state index < -0.39 is 5.41 Å². The van der Waals surface area contributed by atoms with Crippen molar-refractivity contribution in [1.82, 2.24) is 10.2 Å². The number of aromatic nitrogens is 2. The van der Waals surface area contributed by atoms with Gasteiger partial charge in [0.15, 0.2) is 5.82 Å². The van der Waals surface area contributed by atoms with Gasteiger partial charge in [0.1, 0.15) is 0 Å². The van der Waals surface area contributed by atoms with Crippen LogP contribution in [0.4, 0.5) is 11.5 Å². The summed E-state index contributed by atoms with van der Waals surface area (Å²) in [6.45, 7) is 3.26. The number of hydrogen-bond acceptors (Lipinski definition) is 5. The van der Waals surface area contributed by atoms with Crippen LogP contribution >= 0.6 is 0 Å². The second kappa shape index (κ2) is 9.09. The Morgan fingerprint density at radius 1 is 0.906 bits per heavy atom.